The molecule has 330 valence electrons. The van der Waals surface area contributed by atoms with E-state index in [1.807, 2.05) is 11.3 Å². The summed E-state index contributed by atoms with van der Waals surface area (Å²) in [4.78, 5) is 8.09. The van der Waals surface area contributed by atoms with Crippen molar-refractivity contribution in [3.05, 3.63) is 161 Å². The first-order valence-corrected chi connectivity index (χ1v) is 25.2. The van der Waals surface area contributed by atoms with Crippen molar-refractivity contribution in [2.24, 2.45) is 0 Å². The fraction of sp³-hybridized carbons (Fsp3) is 0.311. The Balaban J connectivity index is 1.18. The third kappa shape index (κ3) is 5.81. The SMILES string of the molecule is Cc1cc2c3c(c1)N(c1cccc4sc5ccccc5c14)c1cc(N4c5cc(C)cc(C)c5C5(C)CCCCC45C)ccc1B3c1ccc(C(C)(C)C)cc1N2c1cccc(C(C)(C)C)c1. The molecule has 1 aromatic heterocycles. The van der Waals surface area contributed by atoms with Crippen LogP contribution in [0.1, 0.15) is 114 Å². The van der Waals surface area contributed by atoms with Crippen molar-refractivity contribution in [1.82, 2.24) is 0 Å². The van der Waals surface area contributed by atoms with Crippen LogP contribution in [0.2, 0.25) is 0 Å². The molecule has 1 fully saturated rings. The quantitative estimate of drug-likeness (QED) is 0.164. The minimum absolute atomic E-state index is 0.00523. The second kappa shape index (κ2) is 14.1. The van der Waals surface area contributed by atoms with E-state index in [0.717, 1.165) is 0 Å². The van der Waals surface area contributed by atoms with Crippen LogP contribution >= 0.6 is 11.3 Å². The first-order valence-electron chi connectivity index (χ1n) is 24.4. The average Bonchev–Trinajstić information content (AvgIpc) is 3.75. The standard InChI is InChI=1S/C61H62BN3S/c1-37-30-39(3)56-50(31-37)65(61(11)29-15-14-28-60(56,61)10)43-25-27-46-49(36-43)64(47-21-17-23-54-55(47)44-20-12-13-22-53(44)66-54)52-33-38(2)32-51-57(52)62(46)45-26-24-41(59(7,8)9)35-48(45)63(51)42-19-16-18-40(34-42)58(4,5)6/h12-13,16-27,30-36H,14-15,28-29H2,1-11H3. The molecule has 5 heteroatoms. The number of aryl methyl sites for hydroxylation is 3. The Morgan fingerprint density at radius 1 is 0.530 bits per heavy atom. The van der Waals surface area contributed by atoms with Crippen molar-refractivity contribution >= 4 is 100 Å². The molecule has 0 N–H and O–H groups in total. The number of rotatable bonds is 3. The minimum Gasteiger partial charge on any atom is -0.334 e. The zero-order valence-corrected chi connectivity index (χ0v) is 41.6. The average molecular weight is 880 g/mol. The zero-order chi connectivity index (χ0) is 45.8. The van der Waals surface area contributed by atoms with E-state index in [1.54, 1.807) is 5.56 Å². The van der Waals surface area contributed by atoms with Gasteiger partial charge in [0.15, 0.2) is 0 Å². The number of benzene rings is 7. The van der Waals surface area contributed by atoms with E-state index in [1.165, 1.54) is 136 Å². The molecule has 3 aliphatic heterocycles. The molecule has 2 unspecified atom stereocenters. The molecule has 4 heterocycles. The van der Waals surface area contributed by atoms with E-state index in [2.05, 4.69) is 218 Å². The van der Waals surface area contributed by atoms with Gasteiger partial charge in [0.25, 0.3) is 6.71 Å². The van der Waals surface area contributed by atoms with Crippen LogP contribution in [0.4, 0.5) is 45.5 Å². The fourth-order valence-electron chi connectivity index (χ4n) is 13.1. The number of nitrogens with zero attached hydrogens (tertiary/aromatic N) is 3. The van der Waals surface area contributed by atoms with Crippen molar-refractivity contribution in [2.45, 2.75) is 124 Å². The molecule has 1 saturated carbocycles. The maximum Gasteiger partial charge on any atom is 0.252 e. The zero-order valence-electron chi connectivity index (χ0n) is 40.8. The molecule has 12 rings (SSSR count). The predicted octanol–water partition coefficient (Wildman–Crippen LogP) is 15.4. The lowest BCUT2D eigenvalue weighted by Crippen LogP contribution is -2.61. The third-order valence-electron chi connectivity index (χ3n) is 16.4. The van der Waals surface area contributed by atoms with E-state index in [0.29, 0.717) is 0 Å². The van der Waals surface area contributed by atoms with Crippen molar-refractivity contribution in [3.63, 3.8) is 0 Å². The molecule has 0 spiro atoms. The van der Waals surface area contributed by atoms with Gasteiger partial charge in [-0.05, 0) is 168 Å². The fourth-order valence-corrected chi connectivity index (χ4v) is 14.2. The Kier molecular flexibility index (Phi) is 8.91. The summed E-state index contributed by atoms with van der Waals surface area (Å²) in [5, 5.41) is 2.65. The predicted molar refractivity (Wildman–Crippen MR) is 288 cm³/mol. The molecule has 66 heavy (non-hydrogen) atoms. The Morgan fingerprint density at radius 3 is 1.94 bits per heavy atom. The highest BCUT2D eigenvalue weighted by Gasteiger charge is 2.58. The van der Waals surface area contributed by atoms with Gasteiger partial charge in [0.1, 0.15) is 0 Å². The summed E-state index contributed by atoms with van der Waals surface area (Å²) < 4.78 is 2.65. The molecule has 3 nitrogen and oxygen atoms in total. The number of thiophene rings is 1. The lowest BCUT2D eigenvalue weighted by Gasteiger charge is -2.51. The monoisotopic (exact) mass is 879 g/mol. The van der Waals surface area contributed by atoms with Gasteiger partial charge in [0, 0.05) is 65.4 Å². The van der Waals surface area contributed by atoms with Crippen LogP contribution in [0.25, 0.3) is 20.2 Å². The van der Waals surface area contributed by atoms with Gasteiger partial charge < -0.3 is 14.7 Å². The van der Waals surface area contributed by atoms with E-state index < -0.39 is 0 Å². The molecular weight excluding hydrogens is 818 g/mol. The summed E-state index contributed by atoms with van der Waals surface area (Å²) >= 11 is 1.91. The first kappa shape index (κ1) is 41.6. The van der Waals surface area contributed by atoms with Crippen LogP contribution in [-0.4, -0.2) is 12.3 Å². The summed E-state index contributed by atoms with van der Waals surface area (Å²) in [6.07, 6.45) is 4.90. The van der Waals surface area contributed by atoms with Gasteiger partial charge in [0.2, 0.25) is 0 Å². The van der Waals surface area contributed by atoms with Gasteiger partial charge in [-0.2, -0.15) is 0 Å². The molecule has 0 radical (unpaired) electrons. The maximum atomic E-state index is 2.80. The second-order valence-electron chi connectivity index (χ2n) is 22.8. The van der Waals surface area contributed by atoms with E-state index in [4.69, 9.17) is 0 Å². The van der Waals surface area contributed by atoms with Crippen LogP contribution in [-0.2, 0) is 16.2 Å². The lowest BCUT2D eigenvalue weighted by molar-refractivity contribution is 0.194. The molecule has 2 atom stereocenters. The molecule has 0 saturated heterocycles. The molecular formula is C61H62BN3S. The van der Waals surface area contributed by atoms with Gasteiger partial charge in [-0.3, -0.25) is 0 Å². The number of hydrogen-bond acceptors (Lipinski definition) is 4. The molecule has 7 aromatic carbocycles. The topological polar surface area (TPSA) is 9.72 Å². The normalized spacial score (nSPS) is 19.8. The van der Waals surface area contributed by atoms with Crippen molar-refractivity contribution in [1.29, 1.82) is 0 Å². The highest BCUT2D eigenvalue weighted by Crippen LogP contribution is 2.62. The summed E-state index contributed by atoms with van der Waals surface area (Å²) in [6, 6.07) is 50.3. The molecule has 1 aliphatic carbocycles. The van der Waals surface area contributed by atoms with Crippen LogP contribution in [0, 0.1) is 20.8 Å². The molecule has 0 amide bonds. The Hall–Kier alpha value is -5.78. The Morgan fingerprint density at radius 2 is 1.17 bits per heavy atom. The van der Waals surface area contributed by atoms with Crippen LogP contribution in [0.5, 0.6) is 0 Å². The molecule has 0 bridgehead atoms. The maximum absolute atomic E-state index is 2.80. The van der Waals surface area contributed by atoms with Gasteiger partial charge in [-0.25, -0.2) is 0 Å². The lowest BCUT2D eigenvalue weighted by atomic mass is 9.33. The first-order chi connectivity index (χ1) is 31.5. The minimum atomic E-state index is -0.0615. The Bertz CT molecular complexity index is 3350. The third-order valence-corrected chi connectivity index (χ3v) is 17.6. The van der Waals surface area contributed by atoms with E-state index >= 15 is 0 Å². The largest absolute Gasteiger partial charge is 0.334 e. The van der Waals surface area contributed by atoms with Gasteiger partial charge in [-0.1, -0.05) is 122 Å². The van der Waals surface area contributed by atoms with E-state index in [9.17, 15) is 0 Å². The highest BCUT2D eigenvalue weighted by molar-refractivity contribution is 7.26. The second-order valence-corrected chi connectivity index (χ2v) is 23.8. The van der Waals surface area contributed by atoms with Gasteiger partial charge >= 0.3 is 0 Å². The highest BCUT2D eigenvalue weighted by atomic mass is 32.1. The van der Waals surface area contributed by atoms with Crippen molar-refractivity contribution in [3.8, 4) is 0 Å². The van der Waals surface area contributed by atoms with Crippen molar-refractivity contribution < 1.29 is 0 Å². The van der Waals surface area contributed by atoms with Crippen LogP contribution < -0.4 is 31.1 Å². The molecule has 4 aliphatic rings. The molecule has 8 aromatic rings. The van der Waals surface area contributed by atoms with Crippen LogP contribution in [0.3, 0.4) is 0 Å². The van der Waals surface area contributed by atoms with Gasteiger partial charge in [-0.15, -0.1) is 11.3 Å². The number of hydrogen-bond donors (Lipinski definition) is 0. The number of fused-ring (bicyclic) bond motifs is 10. The number of anilines is 8. The Labute approximate surface area is 397 Å². The summed E-state index contributed by atoms with van der Waals surface area (Å²) in [5.74, 6) is 0. The summed E-state index contributed by atoms with van der Waals surface area (Å²) in [5.41, 5.74) is 22.6. The summed E-state index contributed by atoms with van der Waals surface area (Å²) in [7, 11) is 0. The smallest absolute Gasteiger partial charge is 0.252 e. The van der Waals surface area contributed by atoms with Crippen molar-refractivity contribution in [2.75, 3.05) is 14.7 Å². The van der Waals surface area contributed by atoms with Crippen LogP contribution in [0.15, 0.2) is 127 Å². The summed E-state index contributed by atoms with van der Waals surface area (Å²) in [6.45, 7) is 26.2. The van der Waals surface area contributed by atoms with Gasteiger partial charge in [0.05, 0.1) is 11.2 Å². The van der Waals surface area contributed by atoms with E-state index in [-0.39, 0.29) is 28.5 Å².